The minimum Gasteiger partial charge on any atom is -0.497 e. The molecule has 1 aliphatic heterocycles. The maximum Gasteiger partial charge on any atom is 0.227 e. The third-order valence-electron chi connectivity index (χ3n) is 6.63. The molecule has 0 spiro atoms. The van der Waals surface area contributed by atoms with Crippen LogP contribution in [0.1, 0.15) is 31.0 Å². The number of imidazole rings is 1. The summed E-state index contributed by atoms with van der Waals surface area (Å²) in [6, 6.07) is 23.5. The van der Waals surface area contributed by atoms with Gasteiger partial charge in [0, 0.05) is 43.2 Å². The fourth-order valence-corrected chi connectivity index (χ4v) is 4.80. The molecule has 1 aliphatic rings. The lowest BCUT2D eigenvalue weighted by atomic mass is 10.1. The number of aromatic nitrogens is 2. The second kappa shape index (κ2) is 10.7. The summed E-state index contributed by atoms with van der Waals surface area (Å²) in [7, 11) is 3.29. The average molecular weight is 486 g/mol. The lowest BCUT2D eigenvalue weighted by Gasteiger charge is -2.18. The van der Waals surface area contributed by atoms with Crippen molar-refractivity contribution in [3.05, 3.63) is 78.6 Å². The van der Waals surface area contributed by atoms with E-state index in [1.807, 2.05) is 71.6 Å². The van der Waals surface area contributed by atoms with Gasteiger partial charge in [-0.05, 0) is 49.2 Å². The molecule has 186 valence electrons. The molecule has 1 saturated heterocycles. The molecule has 0 radical (unpaired) electrons. The SMILES string of the molecule is COc1cccc(OCCCCn2c(C3CC(=O)N(c4cccc(OC)c4)C3)nc3ccccc32)c1. The van der Waals surface area contributed by atoms with Gasteiger partial charge in [-0.3, -0.25) is 4.79 Å². The molecule has 0 saturated carbocycles. The van der Waals surface area contributed by atoms with Gasteiger partial charge in [0.05, 0.1) is 31.9 Å². The Bertz CT molecular complexity index is 1350. The van der Waals surface area contributed by atoms with Gasteiger partial charge >= 0.3 is 0 Å². The first-order valence-corrected chi connectivity index (χ1v) is 12.3. The predicted octanol–water partition coefficient (Wildman–Crippen LogP) is 5.43. The third kappa shape index (κ3) is 5.00. The molecule has 0 N–H and O–H groups in total. The van der Waals surface area contributed by atoms with Crippen LogP contribution in [0.15, 0.2) is 72.8 Å². The average Bonchev–Trinajstić information content (AvgIpc) is 3.49. The van der Waals surface area contributed by atoms with Crippen molar-refractivity contribution < 1.29 is 19.0 Å². The Balaban J connectivity index is 1.28. The highest BCUT2D eigenvalue weighted by atomic mass is 16.5. The van der Waals surface area contributed by atoms with Crippen LogP contribution < -0.4 is 19.1 Å². The summed E-state index contributed by atoms with van der Waals surface area (Å²) in [4.78, 5) is 19.8. The van der Waals surface area contributed by atoms with Crippen LogP contribution >= 0.6 is 0 Å². The number of hydrogen-bond donors (Lipinski definition) is 0. The number of anilines is 1. The fraction of sp³-hybridized carbons (Fsp3) is 0.310. The molecule has 1 fully saturated rings. The molecule has 0 aliphatic carbocycles. The van der Waals surface area contributed by atoms with Crippen molar-refractivity contribution in [3.8, 4) is 17.2 Å². The van der Waals surface area contributed by atoms with E-state index in [4.69, 9.17) is 19.2 Å². The molecule has 1 unspecified atom stereocenters. The number of methoxy groups -OCH3 is 2. The molecule has 1 atom stereocenters. The first-order chi connectivity index (χ1) is 17.7. The quantitative estimate of drug-likeness (QED) is 0.280. The Kier molecular flexibility index (Phi) is 7.07. The molecule has 7 heteroatoms. The summed E-state index contributed by atoms with van der Waals surface area (Å²) in [5.74, 6) is 3.46. The highest BCUT2D eigenvalue weighted by Gasteiger charge is 2.35. The Morgan fingerprint density at radius 3 is 2.47 bits per heavy atom. The lowest BCUT2D eigenvalue weighted by Crippen LogP contribution is -2.24. The van der Waals surface area contributed by atoms with Crippen LogP contribution in [-0.4, -0.2) is 42.8 Å². The van der Waals surface area contributed by atoms with Gasteiger partial charge in [-0.2, -0.15) is 0 Å². The van der Waals surface area contributed by atoms with E-state index in [1.165, 1.54) is 0 Å². The van der Waals surface area contributed by atoms with Gasteiger partial charge in [0.25, 0.3) is 0 Å². The van der Waals surface area contributed by atoms with Crippen molar-refractivity contribution in [2.75, 3.05) is 32.3 Å². The van der Waals surface area contributed by atoms with E-state index in [2.05, 4.69) is 10.6 Å². The van der Waals surface area contributed by atoms with E-state index < -0.39 is 0 Å². The zero-order chi connectivity index (χ0) is 24.9. The summed E-state index contributed by atoms with van der Waals surface area (Å²) in [6.07, 6.45) is 2.29. The van der Waals surface area contributed by atoms with E-state index >= 15 is 0 Å². The second-order valence-electron chi connectivity index (χ2n) is 8.95. The van der Waals surface area contributed by atoms with Gasteiger partial charge in [-0.1, -0.05) is 24.3 Å². The molecule has 5 rings (SSSR count). The van der Waals surface area contributed by atoms with Crippen LogP contribution in [0.4, 0.5) is 5.69 Å². The Hall–Kier alpha value is -4.00. The van der Waals surface area contributed by atoms with E-state index in [1.54, 1.807) is 14.2 Å². The number of amides is 1. The molecule has 0 bridgehead atoms. The Morgan fingerprint density at radius 2 is 1.64 bits per heavy atom. The maximum absolute atomic E-state index is 13.0. The van der Waals surface area contributed by atoms with Crippen molar-refractivity contribution >= 4 is 22.6 Å². The molecule has 7 nitrogen and oxygen atoms in total. The van der Waals surface area contributed by atoms with Gasteiger partial charge in [-0.25, -0.2) is 4.98 Å². The van der Waals surface area contributed by atoms with Crippen molar-refractivity contribution in [2.45, 2.75) is 31.7 Å². The smallest absolute Gasteiger partial charge is 0.227 e. The Morgan fingerprint density at radius 1 is 0.889 bits per heavy atom. The zero-order valence-electron chi connectivity index (χ0n) is 20.7. The fourth-order valence-electron chi connectivity index (χ4n) is 4.80. The van der Waals surface area contributed by atoms with Gasteiger partial charge in [-0.15, -0.1) is 0 Å². The number of carbonyl (C=O) groups is 1. The molecular formula is C29H31N3O4. The third-order valence-corrected chi connectivity index (χ3v) is 6.63. The summed E-state index contributed by atoms with van der Waals surface area (Å²) < 4.78 is 18.8. The first kappa shape index (κ1) is 23.7. The number of ether oxygens (including phenoxy) is 3. The number of para-hydroxylation sites is 2. The topological polar surface area (TPSA) is 65.8 Å². The number of hydrogen-bond acceptors (Lipinski definition) is 5. The van der Waals surface area contributed by atoms with Crippen molar-refractivity contribution in [1.82, 2.24) is 9.55 Å². The van der Waals surface area contributed by atoms with Crippen molar-refractivity contribution in [3.63, 3.8) is 0 Å². The molecule has 36 heavy (non-hydrogen) atoms. The minimum atomic E-state index is 0.0316. The van der Waals surface area contributed by atoms with Gasteiger partial charge in [0.2, 0.25) is 5.91 Å². The normalized spacial score (nSPS) is 15.4. The van der Waals surface area contributed by atoms with Crippen LogP contribution in [0.2, 0.25) is 0 Å². The molecule has 1 aromatic heterocycles. The van der Waals surface area contributed by atoms with Gasteiger partial charge in [0.1, 0.15) is 23.1 Å². The van der Waals surface area contributed by atoms with Crippen molar-refractivity contribution in [1.29, 1.82) is 0 Å². The number of fused-ring (bicyclic) bond motifs is 1. The number of benzene rings is 3. The largest absolute Gasteiger partial charge is 0.497 e. The minimum absolute atomic E-state index is 0.0316. The van der Waals surface area contributed by atoms with E-state index in [0.717, 1.165) is 59.2 Å². The molecular weight excluding hydrogens is 454 g/mol. The lowest BCUT2D eigenvalue weighted by molar-refractivity contribution is -0.117. The van der Waals surface area contributed by atoms with E-state index in [0.29, 0.717) is 19.6 Å². The summed E-state index contributed by atoms with van der Waals surface area (Å²) >= 11 is 0. The molecule has 2 heterocycles. The van der Waals surface area contributed by atoms with Crippen LogP contribution in [-0.2, 0) is 11.3 Å². The van der Waals surface area contributed by atoms with Gasteiger partial charge < -0.3 is 23.7 Å². The number of carbonyl (C=O) groups excluding carboxylic acids is 1. The van der Waals surface area contributed by atoms with Crippen LogP contribution in [0.25, 0.3) is 11.0 Å². The summed E-state index contributed by atoms with van der Waals surface area (Å²) in [6.45, 7) is 2.05. The number of aryl methyl sites for hydroxylation is 1. The number of rotatable bonds is 10. The predicted molar refractivity (Wildman–Crippen MR) is 140 cm³/mol. The number of nitrogens with zero attached hydrogens (tertiary/aromatic N) is 3. The maximum atomic E-state index is 13.0. The van der Waals surface area contributed by atoms with Crippen LogP contribution in [0.5, 0.6) is 17.2 Å². The molecule has 3 aromatic carbocycles. The zero-order valence-corrected chi connectivity index (χ0v) is 20.7. The first-order valence-electron chi connectivity index (χ1n) is 12.3. The standard InChI is InChI=1S/C29H31N3O4/c1-34-23-10-7-9-22(18-23)32-20-21(17-28(32)33)29-30-26-13-3-4-14-27(26)31(29)15-5-6-16-36-25-12-8-11-24(19-25)35-2/h3-4,7-14,18-19,21H,5-6,15-17,20H2,1-2H3. The van der Waals surface area contributed by atoms with Crippen LogP contribution in [0, 0.1) is 0 Å². The number of unbranched alkanes of at least 4 members (excludes halogenated alkanes) is 1. The van der Waals surface area contributed by atoms with Crippen LogP contribution in [0.3, 0.4) is 0 Å². The second-order valence-corrected chi connectivity index (χ2v) is 8.95. The summed E-state index contributed by atoms with van der Waals surface area (Å²) in [5.41, 5.74) is 2.93. The van der Waals surface area contributed by atoms with Crippen molar-refractivity contribution in [2.24, 2.45) is 0 Å². The monoisotopic (exact) mass is 485 g/mol. The van der Waals surface area contributed by atoms with E-state index in [-0.39, 0.29) is 11.8 Å². The van der Waals surface area contributed by atoms with Gasteiger partial charge in [0.15, 0.2) is 0 Å². The Labute approximate surface area is 211 Å². The summed E-state index contributed by atoms with van der Waals surface area (Å²) in [5, 5.41) is 0. The molecule has 4 aromatic rings. The highest BCUT2D eigenvalue weighted by molar-refractivity contribution is 5.96. The highest BCUT2D eigenvalue weighted by Crippen LogP contribution is 2.34. The molecule has 1 amide bonds. The van der Waals surface area contributed by atoms with E-state index in [9.17, 15) is 4.79 Å².